The first kappa shape index (κ1) is 77.3. The fourth-order valence-corrected chi connectivity index (χ4v) is 16.3. The van der Waals surface area contributed by atoms with E-state index >= 15 is 0 Å². The predicted octanol–water partition coefficient (Wildman–Crippen LogP) is 15.6. The standard InChI is InChI=1S/C15H26O3.C14H24O3.2C13H22O2.C12H20O2.C12H20O/c1-2-5-16-6-7-17-8-9-18-12-15-11-13-3-4-14(15)10-13;1-2-5-15-6-7-16-8-9-17-14-11-12-3-4-13(14)10-12;1-10(14-2)5-6-15-9-13-8-11-3-4-12(13)7-11;1-2-5-14-6-7-15-10-13-9-11-3-4-12(13)8-11;1-13-5-2-6-14-9-12-8-10-3-4-11(12)7-10;1-2-6-13-7-5-12-9-10-3-4-11(12)8-10/h3-4,13-15H,2,5-12H2,1H3;3-4,12-14H,2,5-11H2,1H3;3-4,10-13H,5-9H2,1-2H3;3-4,11-13H,2,5-10H2,1H3;3-4,10-12H,2,5-9H2,1H3;3-4,10-12H,2,5-9H2,1H3. The summed E-state index contributed by atoms with van der Waals surface area (Å²) in [5, 5.41) is 0. The molecule has 13 heteroatoms. The van der Waals surface area contributed by atoms with Crippen molar-refractivity contribution in [1.82, 2.24) is 0 Å². The molecular formula is C79H134O13. The molecule has 92 heavy (non-hydrogen) atoms. The topological polar surface area (TPSA) is 120 Å². The monoisotopic (exact) mass is 1290 g/mol. The van der Waals surface area contributed by atoms with Gasteiger partial charge in [0.25, 0.3) is 0 Å². The van der Waals surface area contributed by atoms with E-state index in [1.165, 1.54) is 83.5 Å². The van der Waals surface area contributed by atoms with Crippen molar-refractivity contribution in [2.24, 2.45) is 101 Å². The van der Waals surface area contributed by atoms with Crippen LogP contribution in [0.4, 0.5) is 0 Å². The first-order chi connectivity index (χ1) is 45.3. The Balaban J connectivity index is 0.000000157. The Kier molecular flexibility index (Phi) is 39.5. The van der Waals surface area contributed by atoms with Crippen molar-refractivity contribution < 1.29 is 61.6 Å². The second-order valence-corrected chi connectivity index (χ2v) is 28.8. The first-order valence-electron chi connectivity index (χ1n) is 37.8. The zero-order valence-corrected chi connectivity index (χ0v) is 59.2. The molecule has 0 aromatic rings. The second-order valence-electron chi connectivity index (χ2n) is 28.8. The van der Waals surface area contributed by atoms with E-state index in [0.717, 1.165) is 232 Å². The minimum Gasteiger partial charge on any atom is -0.385 e. The van der Waals surface area contributed by atoms with Gasteiger partial charge in [0.05, 0.1) is 91.5 Å². The lowest BCUT2D eigenvalue weighted by atomic mass is 9.91. The van der Waals surface area contributed by atoms with Crippen molar-refractivity contribution in [3.63, 3.8) is 0 Å². The third kappa shape index (κ3) is 29.2. The number of allylic oxidation sites excluding steroid dienone is 11. The van der Waals surface area contributed by atoms with Crippen LogP contribution in [-0.2, 0) is 61.6 Å². The predicted molar refractivity (Wildman–Crippen MR) is 371 cm³/mol. The number of hydrogen-bond donors (Lipinski definition) is 0. The van der Waals surface area contributed by atoms with Crippen LogP contribution >= 0.6 is 0 Å². The maximum absolute atomic E-state index is 5.85. The fourth-order valence-electron chi connectivity index (χ4n) is 16.3. The zero-order valence-electron chi connectivity index (χ0n) is 59.2. The van der Waals surface area contributed by atoms with E-state index < -0.39 is 0 Å². The Morgan fingerprint density at radius 3 is 0.935 bits per heavy atom. The molecule has 13 nitrogen and oxygen atoms in total. The summed E-state index contributed by atoms with van der Waals surface area (Å²) in [6.45, 7) is 28.4. The van der Waals surface area contributed by atoms with Crippen LogP contribution in [0.5, 0.6) is 0 Å². The first-order valence-corrected chi connectivity index (χ1v) is 37.8. The van der Waals surface area contributed by atoms with E-state index in [-0.39, 0.29) is 0 Å². The normalized spacial score (nSPS) is 32.6. The molecule has 0 N–H and O–H groups in total. The number of rotatable bonds is 43. The quantitative estimate of drug-likeness (QED) is 0.0426. The summed E-state index contributed by atoms with van der Waals surface area (Å²) in [7, 11) is 3.49. The molecule has 12 rings (SSSR count). The lowest BCUT2D eigenvalue weighted by Crippen LogP contribution is -2.21. The molecule has 0 radical (unpaired) electrons. The number of methoxy groups -OCH3 is 2. The zero-order chi connectivity index (χ0) is 64.6. The van der Waals surface area contributed by atoms with E-state index in [9.17, 15) is 0 Å². The minimum atomic E-state index is 0.324. The molecule has 12 aliphatic carbocycles. The molecule has 19 atom stereocenters. The molecule has 12 bridgehead atoms. The summed E-state index contributed by atoms with van der Waals surface area (Å²) >= 11 is 0. The van der Waals surface area contributed by atoms with Gasteiger partial charge in [-0.25, -0.2) is 0 Å². The highest BCUT2D eigenvalue weighted by molar-refractivity contribution is 5.14. The smallest absolute Gasteiger partial charge is 0.0704 e. The highest BCUT2D eigenvalue weighted by Crippen LogP contribution is 2.47. The van der Waals surface area contributed by atoms with Crippen LogP contribution in [0.2, 0.25) is 0 Å². The van der Waals surface area contributed by atoms with Crippen LogP contribution in [0.15, 0.2) is 72.9 Å². The lowest BCUT2D eigenvalue weighted by molar-refractivity contribution is -0.0185. The summed E-state index contributed by atoms with van der Waals surface area (Å²) in [4.78, 5) is 0. The maximum atomic E-state index is 5.85. The fraction of sp³-hybridized carbons (Fsp3) is 0.848. The van der Waals surface area contributed by atoms with E-state index in [4.69, 9.17) is 61.6 Å². The number of fused-ring (bicyclic) bond motifs is 12. The third-order valence-electron chi connectivity index (χ3n) is 21.4. The lowest BCUT2D eigenvalue weighted by Gasteiger charge is -2.18. The summed E-state index contributed by atoms with van der Waals surface area (Å²) in [6.07, 6.45) is 53.3. The van der Waals surface area contributed by atoms with Crippen LogP contribution in [0, 0.1) is 101 Å². The van der Waals surface area contributed by atoms with Gasteiger partial charge >= 0.3 is 0 Å². The van der Waals surface area contributed by atoms with Crippen LogP contribution in [0.3, 0.4) is 0 Å². The molecular weight excluding hydrogens is 1160 g/mol. The van der Waals surface area contributed by atoms with Gasteiger partial charge in [-0.15, -0.1) is 0 Å². The third-order valence-corrected chi connectivity index (χ3v) is 21.4. The Hall–Kier alpha value is -2.08. The molecule has 0 saturated heterocycles. The molecule has 6 saturated carbocycles. The summed E-state index contributed by atoms with van der Waals surface area (Å²) in [5.74, 6) is 14.0. The number of hydrogen-bond acceptors (Lipinski definition) is 13. The molecule has 0 spiro atoms. The molecule has 12 aliphatic rings. The van der Waals surface area contributed by atoms with Gasteiger partial charge < -0.3 is 61.6 Å². The van der Waals surface area contributed by atoms with E-state index in [2.05, 4.69) is 108 Å². The maximum Gasteiger partial charge on any atom is 0.0704 e. The van der Waals surface area contributed by atoms with Crippen molar-refractivity contribution >= 4 is 0 Å². The van der Waals surface area contributed by atoms with E-state index in [1.807, 2.05) is 0 Å². The van der Waals surface area contributed by atoms with Crippen LogP contribution < -0.4 is 0 Å². The van der Waals surface area contributed by atoms with E-state index in [0.29, 0.717) is 64.4 Å². The average molecular weight is 1290 g/mol. The Bertz CT molecular complexity index is 2040. The van der Waals surface area contributed by atoms with Gasteiger partial charge in [-0.2, -0.15) is 0 Å². The van der Waals surface area contributed by atoms with Gasteiger partial charge in [-0.05, 0) is 224 Å². The van der Waals surface area contributed by atoms with Crippen LogP contribution in [0.25, 0.3) is 0 Å². The molecule has 19 unspecified atom stereocenters. The summed E-state index contributed by atoms with van der Waals surface area (Å²) in [6, 6.07) is 0. The molecule has 528 valence electrons. The van der Waals surface area contributed by atoms with Crippen molar-refractivity contribution in [1.29, 1.82) is 0 Å². The van der Waals surface area contributed by atoms with Crippen LogP contribution in [-0.4, -0.2) is 172 Å². The van der Waals surface area contributed by atoms with E-state index in [1.54, 1.807) is 14.2 Å². The van der Waals surface area contributed by atoms with Crippen molar-refractivity contribution in [2.75, 3.05) is 160 Å². The van der Waals surface area contributed by atoms with Gasteiger partial charge in [0.15, 0.2) is 0 Å². The minimum absolute atomic E-state index is 0.324. The molecule has 0 amide bonds. The van der Waals surface area contributed by atoms with Crippen molar-refractivity contribution in [3.05, 3.63) is 72.9 Å². The Morgan fingerprint density at radius 1 is 0.293 bits per heavy atom. The molecule has 0 aromatic heterocycles. The highest BCUT2D eigenvalue weighted by atomic mass is 16.6. The molecule has 0 aromatic carbocycles. The average Bonchev–Trinajstić information content (AvgIpc) is 4.62. The summed E-state index contributed by atoms with van der Waals surface area (Å²) in [5.41, 5.74) is 0. The highest BCUT2D eigenvalue weighted by Gasteiger charge is 2.40. The van der Waals surface area contributed by atoms with Crippen molar-refractivity contribution in [3.8, 4) is 0 Å². The van der Waals surface area contributed by atoms with Crippen molar-refractivity contribution in [2.45, 2.75) is 169 Å². The second kappa shape index (κ2) is 47.0. The molecule has 0 heterocycles. The Labute approximate surface area is 561 Å². The van der Waals surface area contributed by atoms with Gasteiger partial charge in [-0.3, -0.25) is 0 Å². The Morgan fingerprint density at radius 2 is 0.609 bits per heavy atom. The van der Waals surface area contributed by atoms with Gasteiger partial charge in [0, 0.05) is 86.2 Å². The van der Waals surface area contributed by atoms with Crippen LogP contribution in [0.1, 0.15) is 157 Å². The largest absolute Gasteiger partial charge is 0.385 e. The van der Waals surface area contributed by atoms with Gasteiger partial charge in [0.1, 0.15) is 0 Å². The SMILES string of the molecule is CCCOCCC1CC2C=CC1C2.CCCOCCOCC1CC2C=CC1C2.CCCOCCOCCOC1CC2C=CC1C2.CCCOCCOCCOCC1CC2C=CC1C2.COC(C)CCOCC1CC2C=CC1C2.COCCCOCC1CC2C=CC1C2. The summed E-state index contributed by atoms with van der Waals surface area (Å²) < 4.78 is 71.2. The molecule has 6 fully saturated rings. The van der Waals surface area contributed by atoms with Gasteiger partial charge in [0.2, 0.25) is 0 Å². The molecule has 0 aliphatic heterocycles. The number of ether oxygens (including phenoxy) is 13. The van der Waals surface area contributed by atoms with Gasteiger partial charge in [-0.1, -0.05) is 101 Å².